The zero-order chi connectivity index (χ0) is 11.8. The summed E-state index contributed by atoms with van der Waals surface area (Å²) in [5.41, 5.74) is 1.17. The van der Waals surface area contributed by atoms with E-state index >= 15 is 0 Å². The molecule has 0 saturated carbocycles. The molecule has 0 aromatic carbocycles. The van der Waals surface area contributed by atoms with E-state index in [1.54, 1.807) is 18.4 Å². The smallest absolute Gasteiger partial charge is 0.237 e. The van der Waals surface area contributed by atoms with Crippen molar-refractivity contribution < 1.29 is 4.74 Å². The Morgan fingerprint density at radius 1 is 1.50 bits per heavy atom. The Morgan fingerprint density at radius 2 is 2.25 bits per heavy atom. The van der Waals surface area contributed by atoms with Crippen LogP contribution in [-0.4, -0.2) is 22.0 Å². The molecule has 16 heavy (non-hydrogen) atoms. The predicted molar refractivity (Wildman–Crippen MR) is 66.2 cm³/mol. The quantitative estimate of drug-likeness (QED) is 0.893. The van der Waals surface area contributed by atoms with Gasteiger partial charge in [-0.05, 0) is 20.8 Å². The van der Waals surface area contributed by atoms with Gasteiger partial charge in [-0.3, -0.25) is 4.40 Å². The summed E-state index contributed by atoms with van der Waals surface area (Å²) >= 11 is 1.62. The molecule has 0 aliphatic heterocycles. The van der Waals surface area contributed by atoms with Gasteiger partial charge in [-0.1, -0.05) is 0 Å². The summed E-state index contributed by atoms with van der Waals surface area (Å²) in [7, 11) is 1.66. The number of hydrogen-bond acceptors (Lipinski definition) is 4. The highest BCUT2D eigenvalue weighted by molar-refractivity contribution is 7.15. The van der Waals surface area contributed by atoms with E-state index in [0.717, 1.165) is 17.2 Å². The van der Waals surface area contributed by atoms with Crippen molar-refractivity contribution in [2.24, 2.45) is 0 Å². The number of imidazole rings is 1. The maximum atomic E-state index is 5.29. The third-order valence-electron chi connectivity index (χ3n) is 2.30. The second kappa shape index (κ2) is 4.07. The second-order valence-corrected chi connectivity index (χ2v) is 5.60. The minimum Gasteiger partial charge on any atom is -0.480 e. The van der Waals surface area contributed by atoms with Crippen LogP contribution in [0.15, 0.2) is 11.6 Å². The average molecular weight is 239 g/mol. The van der Waals surface area contributed by atoms with E-state index in [4.69, 9.17) is 4.74 Å². The molecule has 0 unspecified atom stereocenters. The summed E-state index contributed by atoms with van der Waals surface area (Å²) < 4.78 is 7.36. The van der Waals surface area contributed by atoms with Crippen molar-refractivity contribution in [1.82, 2.24) is 14.7 Å². The van der Waals surface area contributed by atoms with Crippen LogP contribution in [0.2, 0.25) is 0 Å². The molecule has 2 aromatic rings. The van der Waals surface area contributed by atoms with Crippen LogP contribution in [0, 0.1) is 0 Å². The molecule has 0 aliphatic rings. The molecule has 0 amide bonds. The van der Waals surface area contributed by atoms with Gasteiger partial charge in [0.1, 0.15) is 5.69 Å². The highest BCUT2D eigenvalue weighted by atomic mass is 32.1. The Labute approximate surface area is 99.3 Å². The maximum Gasteiger partial charge on any atom is 0.237 e. The number of fused-ring (bicyclic) bond motifs is 1. The third-order valence-corrected chi connectivity index (χ3v) is 3.06. The Morgan fingerprint density at radius 3 is 2.88 bits per heavy atom. The van der Waals surface area contributed by atoms with Crippen molar-refractivity contribution in [2.75, 3.05) is 7.11 Å². The highest BCUT2D eigenvalue weighted by Gasteiger charge is 2.16. The van der Waals surface area contributed by atoms with E-state index in [1.165, 1.54) is 0 Å². The number of nitrogens with zero attached hydrogens (tertiary/aromatic N) is 2. The lowest BCUT2D eigenvalue weighted by atomic mass is 10.1. The maximum absolute atomic E-state index is 5.29. The van der Waals surface area contributed by atoms with Gasteiger partial charge in [0.25, 0.3) is 0 Å². The Hall–Kier alpha value is -1.07. The van der Waals surface area contributed by atoms with Crippen LogP contribution in [0.5, 0.6) is 5.88 Å². The molecule has 5 heteroatoms. The van der Waals surface area contributed by atoms with Crippen LogP contribution in [0.25, 0.3) is 4.96 Å². The summed E-state index contributed by atoms with van der Waals surface area (Å²) in [6.07, 6.45) is 2.02. The fourth-order valence-electron chi connectivity index (χ4n) is 1.49. The van der Waals surface area contributed by atoms with Crippen molar-refractivity contribution in [3.8, 4) is 5.88 Å². The second-order valence-electron chi connectivity index (χ2n) is 4.73. The molecule has 0 bridgehead atoms. The van der Waals surface area contributed by atoms with Gasteiger partial charge in [0, 0.05) is 23.7 Å². The molecule has 2 rings (SSSR count). The molecule has 0 radical (unpaired) electrons. The van der Waals surface area contributed by atoms with Crippen molar-refractivity contribution in [2.45, 2.75) is 32.9 Å². The number of hydrogen-bond donors (Lipinski definition) is 1. The van der Waals surface area contributed by atoms with Crippen LogP contribution >= 0.6 is 11.3 Å². The molecule has 88 valence electrons. The number of thiazole rings is 1. The zero-order valence-corrected chi connectivity index (χ0v) is 10.9. The molecular weight excluding hydrogens is 222 g/mol. The summed E-state index contributed by atoms with van der Waals surface area (Å²) in [5.74, 6) is 0.712. The molecule has 0 saturated heterocycles. The number of ether oxygens (including phenoxy) is 1. The number of aromatic nitrogens is 2. The predicted octanol–water partition coefficient (Wildman–Crippen LogP) is 2.29. The van der Waals surface area contributed by atoms with Gasteiger partial charge >= 0.3 is 0 Å². The minimum absolute atomic E-state index is 0.0885. The van der Waals surface area contributed by atoms with E-state index in [9.17, 15) is 0 Å². The number of rotatable bonds is 3. The van der Waals surface area contributed by atoms with Gasteiger partial charge in [-0.2, -0.15) is 4.98 Å². The van der Waals surface area contributed by atoms with Crippen molar-refractivity contribution in [3.05, 3.63) is 17.3 Å². The lowest BCUT2D eigenvalue weighted by Crippen LogP contribution is -2.35. The van der Waals surface area contributed by atoms with E-state index in [0.29, 0.717) is 5.88 Å². The SMILES string of the molecule is COc1nc2sccn2c1CNC(C)(C)C. The van der Waals surface area contributed by atoms with Crippen LogP contribution in [-0.2, 0) is 6.54 Å². The van der Waals surface area contributed by atoms with E-state index in [2.05, 4.69) is 35.5 Å². The van der Waals surface area contributed by atoms with Crippen molar-refractivity contribution in [3.63, 3.8) is 0 Å². The van der Waals surface area contributed by atoms with Crippen molar-refractivity contribution >= 4 is 16.3 Å². The van der Waals surface area contributed by atoms with Gasteiger partial charge in [0.15, 0.2) is 4.96 Å². The molecular formula is C11H17N3OS. The molecule has 4 nitrogen and oxygen atoms in total. The lowest BCUT2D eigenvalue weighted by Gasteiger charge is -2.20. The standard InChI is InChI=1S/C11H17N3OS/c1-11(2,3)12-7-8-9(15-4)13-10-14(8)5-6-16-10/h5-6,12H,7H2,1-4H3. The molecule has 0 fully saturated rings. The monoisotopic (exact) mass is 239 g/mol. The fraction of sp³-hybridized carbons (Fsp3) is 0.545. The zero-order valence-electron chi connectivity index (χ0n) is 10.1. The molecule has 1 N–H and O–H groups in total. The highest BCUT2D eigenvalue weighted by Crippen LogP contribution is 2.23. The summed E-state index contributed by atoms with van der Waals surface area (Å²) in [5, 5.41) is 5.47. The first-order chi connectivity index (χ1) is 7.51. The lowest BCUT2D eigenvalue weighted by molar-refractivity contribution is 0.379. The molecule has 2 aromatic heterocycles. The van der Waals surface area contributed by atoms with Gasteiger partial charge < -0.3 is 10.1 Å². The first kappa shape index (κ1) is 11.4. The van der Waals surface area contributed by atoms with Crippen molar-refractivity contribution in [1.29, 1.82) is 0 Å². The van der Waals surface area contributed by atoms with E-state index in [-0.39, 0.29) is 5.54 Å². The molecule has 0 aliphatic carbocycles. The van der Waals surface area contributed by atoms with Crippen LogP contribution < -0.4 is 10.1 Å². The van der Waals surface area contributed by atoms with Gasteiger partial charge in [0.05, 0.1) is 7.11 Å². The molecule has 0 atom stereocenters. The van der Waals surface area contributed by atoms with E-state index in [1.807, 2.05) is 11.6 Å². The van der Waals surface area contributed by atoms with Gasteiger partial charge in [0.2, 0.25) is 5.88 Å². The van der Waals surface area contributed by atoms with Gasteiger partial charge in [-0.15, -0.1) is 11.3 Å². The Balaban J connectivity index is 2.30. The molecule has 2 heterocycles. The van der Waals surface area contributed by atoms with Gasteiger partial charge in [-0.25, -0.2) is 0 Å². The Bertz CT molecular complexity index is 481. The average Bonchev–Trinajstić information content (AvgIpc) is 2.72. The first-order valence-electron chi connectivity index (χ1n) is 5.25. The van der Waals surface area contributed by atoms with Crippen LogP contribution in [0.1, 0.15) is 26.5 Å². The summed E-state index contributed by atoms with van der Waals surface area (Å²) in [6.45, 7) is 7.19. The van der Waals surface area contributed by atoms with Crippen LogP contribution in [0.4, 0.5) is 0 Å². The fourth-order valence-corrected chi connectivity index (χ4v) is 2.21. The molecule has 0 spiro atoms. The minimum atomic E-state index is 0.0885. The topological polar surface area (TPSA) is 38.6 Å². The normalized spacial score (nSPS) is 12.2. The first-order valence-corrected chi connectivity index (χ1v) is 6.12. The summed E-state index contributed by atoms with van der Waals surface area (Å²) in [6, 6.07) is 0. The summed E-state index contributed by atoms with van der Waals surface area (Å²) in [4.78, 5) is 5.39. The van der Waals surface area contributed by atoms with Crippen LogP contribution in [0.3, 0.4) is 0 Å². The number of nitrogens with one attached hydrogen (secondary N) is 1. The number of methoxy groups -OCH3 is 1. The largest absolute Gasteiger partial charge is 0.480 e. The van der Waals surface area contributed by atoms with E-state index < -0.39 is 0 Å². The third kappa shape index (κ3) is 2.20. The Kier molecular flexibility index (Phi) is 2.90.